The van der Waals surface area contributed by atoms with Gasteiger partial charge in [0.1, 0.15) is 0 Å². The minimum absolute atomic E-state index is 0.565. The number of aryl methyl sites for hydroxylation is 1. The van der Waals surface area contributed by atoms with Crippen LogP contribution < -0.4 is 4.90 Å². The van der Waals surface area contributed by atoms with Crippen LogP contribution in [0, 0.1) is 12.3 Å². The number of carboxylic acid groups (broad SMARTS) is 1. The maximum absolute atomic E-state index is 11.8. The number of methoxy groups -OCH3 is 1. The van der Waals surface area contributed by atoms with Crippen molar-refractivity contribution in [2.45, 2.75) is 32.6 Å². The van der Waals surface area contributed by atoms with Crippen LogP contribution in [0.5, 0.6) is 0 Å². The van der Waals surface area contributed by atoms with Crippen molar-refractivity contribution >= 4 is 11.7 Å². The quantitative estimate of drug-likeness (QED) is 0.816. The van der Waals surface area contributed by atoms with Crippen LogP contribution in [-0.4, -0.2) is 42.9 Å². The summed E-state index contributed by atoms with van der Waals surface area (Å²) in [7, 11) is 1.65. The number of carboxylic acids is 1. The molecule has 0 saturated carbocycles. The number of pyridine rings is 1. The fourth-order valence-electron chi connectivity index (χ4n) is 3.12. The first-order chi connectivity index (χ1) is 10.1. The molecule has 1 aliphatic rings. The molecular weight excluding hydrogens is 268 g/mol. The standard InChI is InChI=1S/C16H24N2O3/c1-13-11-14(5-8-17-13)18-9-3-6-16(12-18,15(19)20)7-4-10-21-2/h5,8,11H,3-4,6-7,9-10,12H2,1-2H3,(H,19,20)/t16-/m0/s1. The van der Waals surface area contributed by atoms with Gasteiger partial charge in [0.25, 0.3) is 0 Å². The van der Waals surface area contributed by atoms with Crippen LogP contribution in [0.1, 0.15) is 31.4 Å². The topological polar surface area (TPSA) is 62.7 Å². The maximum atomic E-state index is 11.8. The van der Waals surface area contributed by atoms with Crippen LogP contribution in [0.2, 0.25) is 0 Å². The summed E-state index contributed by atoms with van der Waals surface area (Å²) in [5.41, 5.74) is 1.37. The molecule has 1 fully saturated rings. The van der Waals surface area contributed by atoms with E-state index < -0.39 is 11.4 Å². The Bertz CT molecular complexity index is 492. The number of hydrogen-bond donors (Lipinski definition) is 1. The molecule has 0 radical (unpaired) electrons. The molecule has 0 spiro atoms. The number of anilines is 1. The molecule has 1 saturated heterocycles. The van der Waals surface area contributed by atoms with E-state index in [0.717, 1.165) is 37.2 Å². The van der Waals surface area contributed by atoms with E-state index in [2.05, 4.69) is 9.88 Å². The number of carbonyl (C=O) groups is 1. The molecule has 1 aliphatic heterocycles. The fraction of sp³-hybridized carbons (Fsp3) is 0.625. The Labute approximate surface area is 125 Å². The molecule has 0 amide bonds. The average Bonchev–Trinajstić information content (AvgIpc) is 2.48. The van der Waals surface area contributed by atoms with E-state index in [1.165, 1.54) is 0 Å². The van der Waals surface area contributed by atoms with Crippen molar-refractivity contribution in [1.82, 2.24) is 4.98 Å². The van der Waals surface area contributed by atoms with Gasteiger partial charge in [0.2, 0.25) is 0 Å². The molecule has 1 N–H and O–H groups in total. The van der Waals surface area contributed by atoms with Crippen molar-refractivity contribution in [3.63, 3.8) is 0 Å². The van der Waals surface area contributed by atoms with E-state index >= 15 is 0 Å². The number of aromatic nitrogens is 1. The van der Waals surface area contributed by atoms with Gasteiger partial charge in [-0.05, 0) is 44.7 Å². The van der Waals surface area contributed by atoms with Gasteiger partial charge in [-0.15, -0.1) is 0 Å². The number of ether oxygens (including phenoxy) is 1. The highest BCUT2D eigenvalue weighted by Gasteiger charge is 2.41. The van der Waals surface area contributed by atoms with Crippen LogP contribution >= 0.6 is 0 Å². The summed E-state index contributed by atoms with van der Waals surface area (Å²) in [5, 5.41) is 9.73. The molecule has 1 aromatic heterocycles. The summed E-state index contributed by atoms with van der Waals surface area (Å²) >= 11 is 0. The molecule has 1 atom stereocenters. The van der Waals surface area contributed by atoms with Gasteiger partial charge in [-0.25, -0.2) is 0 Å². The van der Waals surface area contributed by atoms with Gasteiger partial charge in [0, 0.05) is 44.4 Å². The van der Waals surface area contributed by atoms with Crippen LogP contribution in [0.3, 0.4) is 0 Å². The van der Waals surface area contributed by atoms with Crippen LogP contribution in [0.15, 0.2) is 18.3 Å². The van der Waals surface area contributed by atoms with E-state index in [-0.39, 0.29) is 0 Å². The molecule has 1 aromatic rings. The zero-order valence-electron chi connectivity index (χ0n) is 12.8. The normalized spacial score (nSPS) is 22.3. The zero-order valence-corrected chi connectivity index (χ0v) is 12.8. The van der Waals surface area contributed by atoms with Gasteiger partial charge >= 0.3 is 5.97 Å². The van der Waals surface area contributed by atoms with Gasteiger partial charge in [0.05, 0.1) is 5.41 Å². The van der Waals surface area contributed by atoms with Gasteiger partial charge in [-0.3, -0.25) is 9.78 Å². The van der Waals surface area contributed by atoms with E-state index in [1.807, 2.05) is 19.1 Å². The summed E-state index contributed by atoms with van der Waals surface area (Å²) < 4.78 is 5.07. The minimum Gasteiger partial charge on any atom is -0.481 e. The molecule has 5 heteroatoms. The van der Waals surface area contributed by atoms with Gasteiger partial charge in [-0.2, -0.15) is 0 Å². The Morgan fingerprint density at radius 3 is 3.05 bits per heavy atom. The molecule has 0 aliphatic carbocycles. The van der Waals surface area contributed by atoms with E-state index in [1.54, 1.807) is 13.3 Å². The number of aliphatic carboxylic acids is 1. The molecule has 116 valence electrons. The monoisotopic (exact) mass is 292 g/mol. The number of rotatable bonds is 6. The van der Waals surface area contributed by atoms with Crippen molar-refractivity contribution in [3.8, 4) is 0 Å². The highest BCUT2D eigenvalue weighted by atomic mass is 16.5. The average molecular weight is 292 g/mol. The summed E-state index contributed by atoms with van der Waals surface area (Å²) in [4.78, 5) is 18.2. The zero-order chi connectivity index (χ0) is 15.3. The van der Waals surface area contributed by atoms with Gasteiger partial charge in [0.15, 0.2) is 0 Å². The molecule has 0 bridgehead atoms. The second-order valence-corrected chi connectivity index (χ2v) is 5.86. The van der Waals surface area contributed by atoms with Gasteiger partial charge in [-0.1, -0.05) is 0 Å². The highest BCUT2D eigenvalue weighted by molar-refractivity contribution is 5.76. The lowest BCUT2D eigenvalue weighted by atomic mass is 9.76. The predicted molar refractivity (Wildman–Crippen MR) is 81.6 cm³/mol. The fourth-order valence-corrected chi connectivity index (χ4v) is 3.12. The minimum atomic E-state index is -0.686. The molecular formula is C16H24N2O3. The first-order valence-corrected chi connectivity index (χ1v) is 7.47. The summed E-state index contributed by atoms with van der Waals surface area (Å²) in [6.45, 7) is 4.04. The SMILES string of the molecule is COCCC[C@@]1(C(=O)O)CCCN(c2ccnc(C)c2)C1. The third-order valence-corrected chi connectivity index (χ3v) is 4.28. The first-order valence-electron chi connectivity index (χ1n) is 7.47. The van der Waals surface area contributed by atoms with Crippen molar-refractivity contribution < 1.29 is 14.6 Å². The first kappa shape index (κ1) is 15.8. The number of hydrogen-bond acceptors (Lipinski definition) is 4. The predicted octanol–water partition coefficient (Wildman–Crippen LogP) is 2.49. The molecule has 2 rings (SSSR count). The summed E-state index contributed by atoms with van der Waals surface area (Å²) in [5.74, 6) is -0.686. The molecule has 21 heavy (non-hydrogen) atoms. The third kappa shape index (κ3) is 3.73. The van der Waals surface area contributed by atoms with Crippen molar-refractivity contribution in [1.29, 1.82) is 0 Å². The Morgan fingerprint density at radius 1 is 1.57 bits per heavy atom. The van der Waals surface area contributed by atoms with E-state index in [9.17, 15) is 9.90 Å². The lowest BCUT2D eigenvalue weighted by molar-refractivity contribution is -0.150. The summed E-state index contributed by atoms with van der Waals surface area (Å²) in [6.07, 6.45) is 4.88. The molecule has 5 nitrogen and oxygen atoms in total. The number of piperidine rings is 1. The lowest BCUT2D eigenvalue weighted by Gasteiger charge is -2.41. The second-order valence-electron chi connectivity index (χ2n) is 5.86. The van der Waals surface area contributed by atoms with Crippen molar-refractivity contribution in [2.24, 2.45) is 5.41 Å². The molecule has 0 unspecified atom stereocenters. The molecule has 2 heterocycles. The number of nitrogens with zero attached hydrogens (tertiary/aromatic N) is 2. The third-order valence-electron chi connectivity index (χ3n) is 4.28. The lowest BCUT2D eigenvalue weighted by Crippen LogP contribution is -2.48. The van der Waals surface area contributed by atoms with Crippen molar-refractivity contribution in [3.05, 3.63) is 24.0 Å². The Hall–Kier alpha value is -1.62. The highest BCUT2D eigenvalue weighted by Crippen LogP contribution is 2.37. The second kappa shape index (κ2) is 6.89. The van der Waals surface area contributed by atoms with Crippen LogP contribution in [0.4, 0.5) is 5.69 Å². The van der Waals surface area contributed by atoms with Gasteiger partial charge < -0.3 is 14.7 Å². The van der Waals surface area contributed by atoms with Crippen LogP contribution in [0.25, 0.3) is 0 Å². The van der Waals surface area contributed by atoms with Crippen LogP contribution in [-0.2, 0) is 9.53 Å². The maximum Gasteiger partial charge on any atom is 0.311 e. The Kier molecular flexibility index (Phi) is 5.17. The Balaban J connectivity index is 2.14. The van der Waals surface area contributed by atoms with E-state index in [0.29, 0.717) is 19.6 Å². The smallest absolute Gasteiger partial charge is 0.311 e. The van der Waals surface area contributed by atoms with E-state index in [4.69, 9.17) is 4.74 Å². The largest absolute Gasteiger partial charge is 0.481 e. The van der Waals surface area contributed by atoms with Crippen molar-refractivity contribution in [2.75, 3.05) is 31.7 Å². The Morgan fingerprint density at radius 2 is 2.38 bits per heavy atom. The summed E-state index contributed by atoms with van der Waals surface area (Å²) in [6, 6.07) is 3.98. The molecule has 0 aromatic carbocycles.